The number of hydrogen-bond donors (Lipinski definition) is 2. The van der Waals surface area contributed by atoms with Gasteiger partial charge < -0.3 is 15.5 Å². The lowest BCUT2D eigenvalue weighted by Gasteiger charge is -2.31. The Kier molecular flexibility index (Phi) is 5.28. The summed E-state index contributed by atoms with van der Waals surface area (Å²) in [4.78, 5) is 26.6. The minimum atomic E-state index is -0.235. The number of benzene rings is 1. The number of amides is 3. The van der Waals surface area contributed by atoms with E-state index < -0.39 is 0 Å². The number of nitrogens with one attached hydrogen (secondary N) is 2. The van der Waals surface area contributed by atoms with Gasteiger partial charge in [-0.25, -0.2) is 4.79 Å². The second kappa shape index (κ2) is 7.60. The summed E-state index contributed by atoms with van der Waals surface area (Å²) < 4.78 is 0. The summed E-state index contributed by atoms with van der Waals surface area (Å²) in [6.45, 7) is 4.87. The predicted molar refractivity (Wildman–Crippen MR) is 97.8 cm³/mol. The van der Waals surface area contributed by atoms with E-state index in [1.807, 2.05) is 38.1 Å². The molecule has 3 rings (SSSR count). The largest absolute Gasteiger partial charge is 0.324 e. The minimum Gasteiger partial charge on any atom is -0.324 e. The van der Waals surface area contributed by atoms with Crippen LogP contribution in [0.4, 0.5) is 15.6 Å². The first-order valence-electron chi connectivity index (χ1n) is 8.25. The Hall–Kier alpha value is -2.48. The molecular weight excluding hydrogens is 338 g/mol. The Labute approximate surface area is 150 Å². The van der Waals surface area contributed by atoms with Crippen molar-refractivity contribution in [1.29, 1.82) is 0 Å². The summed E-state index contributed by atoms with van der Waals surface area (Å²) in [5, 5.41) is 14.8. The molecule has 0 bridgehead atoms. The van der Waals surface area contributed by atoms with Crippen LogP contribution in [0, 0.1) is 19.8 Å². The quantitative estimate of drug-likeness (QED) is 0.882. The molecule has 0 aliphatic carbocycles. The highest BCUT2D eigenvalue weighted by Gasteiger charge is 2.29. The Morgan fingerprint density at radius 1 is 1.24 bits per heavy atom. The van der Waals surface area contributed by atoms with Gasteiger partial charge in [0, 0.05) is 18.8 Å². The number of carbonyl (C=O) groups excluding carboxylic acids is 2. The molecule has 0 saturated carbocycles. The van der Waals surface area contributed by atoms with Crippen molar-refractivity contribution in [1.82, 2.24) is 15.1 Å². The second-order valence-electron chi connectivity index (χ2n) is 6.20. The molecule has 132 valence electrons. The van der Waals surface area contributed by atoms with Gasteiger partial charge in [-0.2, -0.15) is 0 Å². The van der Waals surface area contributed by atoms with Crippen LogP contribution < -0.4 is 10.6 Å². The van der Waals surface area contributed by atoms with Gasteiger partial charge in [0.15, 0.2) is 0 Å². The highest BCUT2D eigenvalue weighted by atomic mass is 32.1. The van der Waals surface area contributed by atoms with Crippen LogP contribution in [0.1, 0.15) is 23.4 Å². The number of aromatic nitrogens is 2. The molecule has 0 radical (unpaired) electrons. The van der Waals surface area contributed by atoms with Crippen LogP contribution in [0.15, 0.2) is 24.3 Å². The number of carbonyl (C=O) groups is 2. The molecular formula is C17H21N5O2S. The molecule has 3 amide bonds. The maximum absolute atomic E-state index is 12.5. The fourth-order valence-corrected chi connectivity index (χ4v) is 3.45. The van der Waals surface area contributed by atoms with E-state index >= 15 is 0 Å². The molecule has 1 atom stereocenters. The summed E-state index contributed by atoms with van der Waals surface area (Å²) in [6.07, 6.45) is 1.56. The van der Waals surface area contributed by atoms with Crippen LogP contribution in [0.5, 0.6) is 0 Å². The van der Waals surface area contributed by atoms with Crippen molar-refractivity contribution in [2.75, 3.05) is 23.7 Å². The van der Waals surface area contributed by atoms with E-state index in [-0.39, 0.29) is 17.9 Å². The molecule has 2 heterocycles. The van der Waals surface area contributed by atoms with Gasteiger partial charge in [-0.3, -0.25) is 4.79 Å². The van der Waals surface area contributed by atoms with Crippen molar-refractivity contribution in [2.45, 2.75) is 26.7 Å². The van der Waals surface area contributed by atoms with Crippen LogP contribution in [-0.2, 0) is 4.79 Å². The van der Waals surface area contributed by atoms with E-state index in [0.29, 0.717) is 18.2 Å². The van der Waals surface area contributed by atoms with E-state index in [9.17, 15) is 9.59 Å². The standard InChI is InChI=1S/C17H21N5O2S/c1-11-5-3-7-14(9-11)18-17(24)22-8-4-6-13(10-22)15(23)19-16-21-20-12(2)25-16/h3,5,7,9,13H,4,6,8,10H2,1-2H3,(H,18,24)(H,19,21,23)/t13-/m1/s1. The normalized spacial score (nSPS) is 17.2. The number of rotatable bonds is 3. The van der Waals surface area contributed by atoms with Crippen LogP contribution in [0.25, 0.3) is 0 Å². The van der Waals surface area contributed by atoms with Gasteiger partial charge >= 0.3 is 6.03 Å². The molecule has 7 nitrogen and oxygen atoms in total. The Balaban J connectivity index is 1.58. The Morgan fingerprint density at radius 3 is 2.80 bits per heavy atom. The van der Waals surface area contributed by atoms with Crippen molar-refractivity contribution in [3.8, 4) is 0 Å². The second-order valence-corrected chi connectivity index (χ2v) is 7.38. The molecule has 0 unspecified atom stereocenters. The average Bonchev–Trinajstić information content (AvgIpc) is 3.00. The summed E-state index contributed by atoms with van der Waals surface area (Å²) in [7, 11) is 0. The first kappa shape index (κ1) is 17.3. The van der Waals surface area contributed by atoms with Gasteiger partial charge in [-0.1, -0.05) is 23.5 Å². The van der Waals surface area contributed by atoms with Gasteiger partial charge in [0.25, 0.3) is 0 Å². The van der Waals surface area contributed by atoms with Crippen molar-refractivity contribution >= 4 is 34.1 Å². The zero-order valence-electron chi connectivity index (χ0n) is 14.3. The molecule has 1 aromatic carbocycles. The van der Waals surface area contributed by atoms with Crippen LogP contribution in [0.3, 0.4) is 0 Å². The number of nitrogens with zero attached hydrogens (tertiary/aromatic N) is 3. The fourth-order valence-electron chi connectivity index (χ4n) is 2.86. The first-order valence-corrected chi connectivity index (χ1v) is 9.06. The lowest BCUT2D eigenvalue weighted by molar-refractivity contribution is -0.121. The van der Waals surface area contributed by atoms with E-state index in [1.54, 1.807) is 4.90 Å². The van der Waals surface area contributed by atoms with E-state index in [4.69, 9.17) is 0 Å². The smallest absolute Gasteiger partial charge is 0.321 e. The van der Waals surface area contributed by atoms with Gasteiger partial charge in [-0.05, 0) is 44.4 Å². The summed E-state index contributed by atoms with van der Waals surface area (Å²) in [5.74, 6) is -0.342. The van der Waals surface area contributed by atoms with Crippen molar-refractivity contribution in [3.05, 3.63) is 34.8 Å². The van der Waals surface area contributed by atoms with Gasteiger partial charge in [-0.15, -0.1) is 10.2 Å². The highest BCUT2D eigenvalue weighted by Crippen LogP contribution is 2.21. The van der Waals surface area contributed by atoms with Crippen molar-refractivity contribution in [2.24, 2.45) is 5.92 Å². The molecule has 1 aliphatic rings. The van der Waals surface area contributed by atoms with E-state index in [1.165, 1.54) is 11.3 Å². The average molecular weight is 359 g/mol. The van der Waals surface area contributed by atoms with Gasteiger partial charge in [0.05, 0.1) is 5.92 Å². The maximum Gasteiger partial charge on any atom is 0.321 e. The first-order chi connectivity index (χ1) is 12.0. The number of piperidine rings is 1. The summed E-state index contributed by atoms with van der Waals surface area (Å²) >= 11 is 1.34. The number of anilines is 2. The third kappa shape index (κ3) is 4.54. The highest BCUT2D eigenvalue weighted by molar-refractivity contribution is 7.15. The molecule has 2 aromatic rings. The molecule has 1 aromatic heterocycles. The lowest BCUT2D eigenvalue weighted by atomic mass is 9.97. The number of likely N-dealkylation sites (tertiary alicyclic amines) is 1. The molecule has 1 saturated heterocycles. The number of aryl methyl sites for hydroxylation is 2. The SMILES string of the molecule is Cc1cccc(NC(=O)N2CCC[C@@H](C(=O)Nc3nnc(C)s3)C2)c1. The van der Waals surface area contributed by atoms with E-state index in [0.717, 1.165) is 29.1 Å². The van der Waals surface area contributed by atoms with Crippen LogP contribution in [0.2, 0.25) is 0 Å². The van der Waals surface area contributed by atoms with Gasteiger partial charge in [0.2, 0.25) is 11.0 Å². The molecule has 1 aliphatic heterocycles. The van der Waals surface area contributed by atoms with Gasteiger partial charge in [0.1, 0.15) is 5.01 Å². The molecule has 1 fully saturated rings. The monoisotopic (exact) mass is 359 g/mol. The Morgan fingerprint density at radius 2 is 2.08 bits per heavy atom. The topological polar surface area (TPSA) is 87.2 Å². The maximum atomic E-state index is 12.5. The summed E-state index contributed by atoms with van der Waals surface area (Å²) in [6, 6.07) is 7.49. The molecule has 8 heteroatoms. The van der Waals surface area contributed by atoms with E-state index in [2.05, 4.69) is 20.8 Å². The zero-order chi connectivity index (χ0) is 17.8. The summed E-state index contributed by atoms with van der Waals surface area (Å²) in [5.41, 5.74) is 1.85. The third-order valence-electron chi connectivity index (χ3n) is 4.10. The Bertz CT molecular complexity index is 776. The minimum absolute atomic E-state index is 0.107. The van der Waals surface area contributed by atoms with Crippen molar-refractivity contribution < 1.29 is 9.59 Å². The predicted octanol–water partition coefficient (Wildman–Crippen LogP) is 3.04. The number of urea groups is 1. The van der Waals surface area contributed by atoms with Crippen molar-refractivity contribution in [3.63, 3.8) is 0 Å². The zero-order valence-corrected chi connectivity index (χ0v) is 15.1. The lowest BCUT2D eigenvalue weighted by Crippen LogP contribution is -2.45. The van der Waals surface area contributed by atoms with Crippen LogP contribution in [-0.4, -0.2) is 40.1 Å². The fraction of sp³-hybridized carbons (Fsp3) is 0.412. The third-order valence-corrected chi connectivity index (χ3v) is 4.86. The molecule has 0 spiro atoms. The number of hydrogen-bond acceptors (Lipinski definition) is 5. The molecule has 25 heavy (non-hydrogen) atoms. The molecule has 2 N–H and O–H groups in total. The van der Waals surface area contributed by atoms with Crippen LogP contribution >= 0.6 is 11.3 Å².